The minimum Gasteiger partial charge on any atom is -0.371 e. The molecule has 0 aromatic heterocycles. The van der Waals surface area contributed by atoms with Crippen LogP contribution in [0.2, 0.25) is 0 Å². The second-order valence-electron chi connectivity index (χ2n) is 7.20. The highest BCUT2D eigenvalue weighted by molar-refractivity contribution is 7.80. The molecule has 1 saturated heterocycles. The summed E-state index contributed by atoms with van der Waals surface area (Å²) >= 11 is 5.21. The van der Waals surface area contributed by atoms with Gasteiger partial charge >= 0.3 is 0 Å². The molecule has 144 valence electrons. The quantitative estimate of drug-likeness (QED) is 0.699. The first kappa shape index (κ1) is 19.5. The van der Waals surface area contributed by atoms with Gasteiger partial charge in [0.05, 0.1) is 6.04 Å². The molecule has 2 unspecified atom stereocenters. The summed E-state index contributed by atoms with van der Waals surface area (Å²) in [6.45, 7) is 6.44. The Bertz CT molecular complexity index is 774. The van der Waals surface area contributed by atoms with E-state index < -0.39 is 11.6 Å². The Labute approximate surface area is 164 Å². The van der Waals surface area contributed by atoms with Crippen molar-refractivity contribution in [1.29, 1.82) is 0 Å². The zero-order valence-electron chi connectivity index (χ0n) is 15.6. The number of nitrogens with zero attached hydrogens (tertiary/aromatic N) is 1. The van der Waals surface area contributed by atoms with E-state index in [9.17, 15) is 8.78 Å². The summed E-state index contributed by atoms with van der Waals surface area (Å²) in [5.74, 6) is -0.625. The van der Waals surface area contributed by atoms with Crippen LogP contribution in [0.3, 0.4) is 0 Å². The maximum Gasteiger partial charge on any atom is 0.171 e. The first-order chi connectivity index (χ1) is 12.9. The molecule has 2 atom stereocenters. The van der Waals surface area contributed by atoms with Crippen LogP contribution < -0.4 is 15.5 Å². The summed E-state index contributed by atoms with van der Waals surface area (Å²) in [5, 5.41) is 5.87. The monoisotopic (exact) mass is 389 g/mol. The number of piperidine rings is 1. The largest absolute Gasteiger partial charge is 0.371 e. The van der Waals surface area contributed by atoms with Crippen LogP contribution in [0, 0.1) is 17.6 Å². The van der Waals surface area contributed by atoms with E-state index in [2.05, 4.69) is 46.7 Å². The number of benzene rings is 2. The lowest BCUT2D eigenvalue weighted by molar-refractivity contribution is 0.447. The molecule has 1 fully saturated rings. The molecule has 0 spiro atoms. The van der Waals surface area contributed by atoms with Crippen molar-refractivity contribution < 1.29 is 8.78 Å². The molecule has 3 rings (SSSR count). The number of para-hydroxylation sites is 1. The zero-order chi connectivity index (χ0) is 19.4. The van der Waals surface area contributed by atoms with E-state index in [4.69, 9.17) is 12.2 Å². The fourth-order valence-electron chi connectivity index (χ4n) is 3.44. The van der Waals surface area contributed by atoms with Crippen molar-refractivity contribution in [3.8, 4) is 0 Å². The van der Waals surface area contributed by atoms with Crippen molar-refractivity contribution in [1.82, 2.24) is 5.32 Å². The van der Waals surface area contributed by atoms with Gasteiger partial charge in [-0.25, -0.2) is 8.78 Å². The highest BCUT2D eigenvalue weighted by Gasteiger charge is 2.17. The topological polar surface area (TPSA) is 27.3 Å². The summed E-state index contributed by atoms with van der Waals surface area (Å²) in [4.78, 5) is 2.42. The molecule has 1 aliphatic rings. The van der Waals surface area contributed by atoms with Crippen molar-refractivity contribution in [3.05, 3.63) is 59.7 Å². The minimum atomic E-state index is -0.674. The third-order valence-corrected chi connectivity index (χ3v) is 5.18. The molecule has 0 aliphatic carbocycles. The van der Waals surface area contributed by atoms with E-state index in [1.165, 1.54) is 36.7 Å². The molecular formula is C21H25F2N3S. The van der Waals surface area contributed by atoms with Gasteiger partial charge in [-0.3, -0.25) is 0 Å². The van der Waals surface area contributed by atoms with Crippen LogP contribution in [-0.2, 0) is 0 Å². The van der Waals surface area contributed by atoms with Crippen LogP contribution in [0.25, 0.3) is 0 Å². The van der Waals surface area contributed by atoms with Gasteiger partial charge < -0.3 is 15.5 Å². The van der Waals surface area contributed by atoms with Gasteiger partial charge in [-0.2, -0.15) is 0 Å². The molecule has 2 aromatic carbocycles. The van der Waals surface area contributed by atoms with Gasteiger partial charge in [0.25, 0.3) is 0 Å². The van der Waals surface area contributed by atoms with Crippen LogP contribution in [0.4, 0.5) is 20.2 Å². The molecule has 3 nitrogen and oxygen atoms in total. The van der Waals surface area contributed by atoms with E-state index in [-0.39, 0.29) is 16.8 Å². The highest BCUT2D eigenvalue weighted by Crippen LogP contribution is 2.25. The standard InChI is InChI=1S/C21H25F2N3S/c1-14-5-4-12-26(13-14)17-10-8-16(9-11-17)15(2)24-21(27)25-20-18(22)6-3-7-19(20)23/h3,6-11,14-15H,4-5,12-13H2,1-2H3,(H2,24,25,27). The number of anilines is 2. The van der Waals surface area contributed by atoms with Crippen LogP contribution in [0.15, 0.2) is 42.5 Å². The molecule has 6 heteroatoms. The predicted octanol–water partition coefficient (Wildman–Crippen LogP) is 5.25. The SMILES string of the molecule is CC1CCCN(c2ccc(C(C)NC(=S)Nc3c(F)cccc3F)cc2)C1. The Kier molecular flexibility index (Phi) is 6.26. The summed E-state index contributed by atoms with van der Waals surface area (Å²) in [6, 6.07) is 12.0. The van der Waals surface area contributed by atoms with Crippen molar-refractivity contribution >= 4 is 28.7 Å². The van der Waals surface area contributed by atoms with Crippen LogP contribution in [0.1, 0.15) is 38.3 Å². The van der Waals surface area contributed by atoms with Crippen molar-refractivity contribution in [2.75, 3.05) is 23.3 Å². The molecule has 1 aliphatic heterocycles. The number of nitrogens with one attached hydrogen (secondary N) is 2. The van der Waals surface area contributed by atoms with E-state index in [0.29, 0.717) is 0 Å². The van der Waals surface area contributed by atoms with Crippen molar-refractivity contribution in [2.24, 2.45) is 5.92 Å². The lowest BCUT2D eigenvalue weighted by atomic mass is 9.99. The summed E-state index contributed by atoms with van der Waals surface area (Å²) in [5.41, 5.74) is 2.05. The normalized spacial score (nSPS) is 18.1. The van der Waals surface area contributed by atoms with E-state index in [0.717, 1.165) is 24.6 Å². The smallest absolute Gasteiger partial charge is 0.171 e. The molecule has 0 amide bonds. The third-order valence-electron chi connectivity index (χ3n) is 4.96. The molecule has 0 bridgehead atoms. The number of thiocarbonyl (C=S) groups is 1. The van der Waals surface area contributed by atoms with Crippen LogP contribution in [0.5, 0.6) is 0 Å². The zero-order valence-corrected chi connectivity index (χ0v) is 16.5. The Morgan fingerprint density at radius 2 is 1.81 bits per heavy atom. The van der Waals surface area contributed by atoms with Gasteiger partial charge in [0, 0.05) is 18.8 Å². The summed E-state index contributed by atoms with van der Waals surface area (Å²) in [6.07, 6.45) is 2.52. The number of hydrogen-bond acceptors (Lipinski definition) is 2. The molecule has 2 aromatic rings. The number of hydrogen-bond donors (Lipinski definition) is 2. The fraction of sp³-hybridized carbons (Fsp3) is 0.381. The van der Waals surface area contributed by atoms with Gasteiger partial charge in [0.1, 0.15) is 17.3 Å². The Balaban J connectivity index is 1.60. The lowest BCUT2D eigenvalue weighted by Crippen LogP contribution is -2.34. The minimum absolute atomic E-state index is 0.0887. The number of rotatable bonds is 4. The fourth-order valence-corrected chi connectivity index (χ4v) is 3.72. The second kappa shape index (κ2) is 8.65. The van der Waals surface area contributed by atoms with Gasteiger partial charge in [-0.05, 0) is 67.7 Å². The summed E-state index contributed by atoms with van der Waals surface area (Å²) in [7, 11) is 0. The Morgan fingerprint density at radius 1 is 1.15 bits per heavy atom. The predicted molar refractivity (Wildman–Crippen MR) is 111 cm³/mol. The van der Waals surface area contributed by atoms with Crippen LogP contribution in [-0.4, -0.2) is 18.2 Å². The van der Waals surface area contributed by atoms with E-state index >= 15 is 0 Å². The molecule has 0 radical (unpaired) electrons. The van der Waals surface area contributed by atoms with Gasteiger partial charge in [-0.1, -0.05) is 25.1 Å². The Morgan fingerprint density at radius 3 is 2.44 bits per heavy atom. The molecule has 1 heterocycles. The van der Waals surface area contributed by atoms with Gasteiger partial charge in [0.2, 0.25) is 0 Å². The van der Waals surface area contributed by atoms with Gasteiger partial charge in [-0.15, -0.1) is 0 Å². The second-order valence-corrected chi connectivity index (χ2v) is 7.61. The molecule has 27 heavy (non-hydrogen) atoms. The average molecular weight is 390 g/mol. The lowest BCUT2D eigenvalue weighted by Gasteiger charge is -2.33. The first-order valence-electron chi connectivity index (χ1n) is 9.30. The van der Waals surface area contributed by atoms with Crippen molar-refractivity contribution in [2.45, 2.75) is 32.7 Å². The van der Waals surface area contributed by atoms with Crippen molar-refractivity contribution in [3.63, 3.8) is 0 Å². The maximum absolute atomic E-state index is 13.7. The highest BCUT2D eigenvalue weighted by atomic mass is 32.1. The summed E-state index contributed by atoms with van der Waals surface area (Å²) < 4.78 is 27.5. The third kappa shape index (κ3) is 4.95. The average Bonchev–Trinajstić information content (AvgIpc) is 2.65. The Hall–Kier alpha value is -2.21. The molecular weight excluding hydrogens is 364 g/mol. The van der Waals surface area contributed by atoms with E-state index in [1.54, 1.807) is 0 Å². The number of halogens is 2. The van der Waals surface area contributed by atoms with Crippen LogP contribution >= 0.6 is 12.2 Å². The first-order valence-corrected chi connectivity index (χ1v) is 9.71. The molecule has 0 saturated carbocycles. The maximum atomic E-state index is 13.7. The van der Waals surface area contributed by atoms with Gasteiger partial charge in [0.15, 0.2) is 5.11 Å². The molecule has 2 N–H and O–H groups in total. The van der Waals surface area contributed by atoms with E-state index in [1.807, 2.05) is 6.92 Å².